The number of carbonyl (C=O) groups excluding carboxylic acids is 2. The number of ether oxygens (including phenoxy) is 2. The molecule has 2 aromatic rings. The molecule has 5 heteroatoms. The molecule has 2 heterocycles. The summed E-state index contributed by atoms with van der Waals surface area (Å²) < 4.78 is 11.4. The lowest BCUT2D eigenvalue weighted by Gasteiger charge is -2.14. The first-order valence-electron chi connectivity index (χ1n) is 10.3. The van der Waals surface area contributed by atoms with E-state index in [1.807, 2.05) is 18.2 Å². The number of Topliss-reactive ketones (excluding diaryl/α,β-unsaturated/α-hetero) is 1. The number of fused-ring (bicyclic) bond motifs is 2. The summed E-state index contributed by atoms with van der Waals surface area (Å²) >= 11 is 0. The Kier molecular flexibility index (Phi) is 4.43. The van der Waals surface area contributed by atoms with Crippen molar-refractivity contribution in [3.8, 4) is 5.75 Å². The second-order valence-corrected chi connectivity index (χ2v) is 8.40. The summed E-state index contributed by atoms with van der Waals surface area (Å²) in [5, 5.41) is 2.68. The van der Waals surface area contributed by atoms with Crippen molar-refractivity contribution in [3.63, 3.8) is 0 Å². The van der Waals surface area contributed by atoms with Gasteiger partial charge < -0.3 is 14.8 Å². The lowest BCUT2D eigenvalue weighted by Crippen LogP contribution is -2.19. The summed E-state index contributed by atoms with van der Waals surface area (Å²) in [6.07, 6.45) is 0.528. The summed E-state index contributed by atoms with van der Waals surface area (Å²) in [4.78, 5) is 25.6. The van der Waals surface area contributed by atoms with E-state index in [2.05, 4.69) is 24.4 Å². The summed E-state index contributed by atoms with van der Waals surface area (Å²) in [6, 6.07) is 11.9. The lowest BCUT2D eigenvalue weighted by molar-refractivity contribution is 0.0950. The molecule has 1 saturated heterocycles. The fraction of sp³-hybridized carbons (Fsp3) is 0.417. The third-order valence-electron chi connectivity index (χ3n) is 6.80. The van der Waals surface area contributed by atoms with Crippen molar-refractivity contribution < 1.29 is 19.1 Å². The number of benzene rings is 2. The van der Waals surface area contributed by atoms with Crippen molar-refractivity contribution >= 4 is 11.7 Å². The van der Waals surface area contributed by atoms with Crippen LogP contribution in [0.5, 0.6) is 5.75 Å². The Bertz CT molecular complexity index is 988. The van der Waals surface area contributed by atoms with Gasteiger partial charge in [0.15, 0.2) is 5.78 Å². The van der Waals surface area contributed by atoms with Gasteiger partial charge in [-0.05, 0) is 47.9 Å². The number of rotatable bonds is 5. The smallest absolute Gasteiger partial charge is 0.254 e. The van der Waals surface area contributed by atoms with Gasteiger partial charge in [-0.25, -0.2) is 0 Å². The van der Waals surface area contributed by atoms with Crippen LogP contribution in [0.3, 0.4) is 0 Å². The zero-order chi connectivity index (χ0) is 20.1. The number of hydrogen-bond donors (Lipinski definition) is 1. The molecular weight excluding hydrogens is 366 g/mol. The highest BCUT2D eigenvalue weighted by atomic mass is 16.5. The largest absolute Gasteiger partial charge is 0.491 e. The Labute approximate surface area is 170 Å². The standard InChI is InChI=1S/C24H25NO4/c1-13-5-3-4-6-15(13)21-12-29-23-17(21)7-14(8-18(23)24(27)25-2)22(26)9-16-19-10-28-11-20(16)19/h3-8,16,19-21H,9-12H2,1-2H3,(H,25,27)/t16?,19-,20+,21-/m1/s1. The van der Waals surface area contributed by atoms with Gasteiger partial charge in [-0.3, -0.25) is 9.59 Å². The van der Waals surface area contributed by atoms with Crippen LogP contribution >= 0.6 is 0 Å². The van der Waals surface area contributed by atoms with Crippen LogP contribution in [-0.4, -0.2) is 38.6 Å². The third-order valence-corrected chi connectivity index (χ3v) is 6.80. The van der Waals surface area contributed by atoms with Gasteiger partial charge in [-0.2, -0.15) is 0 Å². The number of hydrogen-bond acceptors (Lipinski definition) is 4. The number of aryl methyl sites for hydroxylation is 1. The molecule has 0 radical (unpaired) electrons. The summed E-state index contributed by atoms with van der Waals surface area (Å²) in [7, 11) is 1.60. The third kappa shape index (κ3) is 3.04. The summed E-state index contributed by atoms with van der Waals surface area (Å²) in [5.74, 6) is 2.01. The molecule has 5 nitrogen and oxygen atoms in total. The molecule has 2 aliphatic heterocycles. The predicted molar refractivity (Wildman–Crippen MR) is 109 cm³/mol. The van der Waals surface area contributed by atoms with E-state index in [-0.39, 0.29) is 17.6 Å². The quantitative estimate of drug-likeness (QED) is 0.794. The van der Waals surface area contributed by atoms with Crippen LogP contribution in [0.25, 0.3) is 0 Å². The first-order valence-corrected chi connectivity index (χ1v) is 10.3. The number of amides is 1. The average molecular weight is 391 g/mol. The number of nitrogens with one attached hydrogen (secondary N) is 1. The minimum absolute atomic E-state index is 0.0241. The van der Waals surface area contributed by atoms with Gasteiger partial charge in [-0.1, -0.05) is 24.3 Å². The normalized spacial score (nSPS) is 26.4. The fourth-order valence-corrected chi connectivity index (χ4v) is 5.02. The van der Waals surface area contributed by atoms with Crippen LogP contribution in [0, 0.1) is 24.7 Å². The highest BCUT2D eigenvalue weighted by molar-refractivity contribution is 6.03. The van der Waals surface area contributed by atoms with Gasteiger partial charge in [-0.15, -0.1) is 0 Å². The lowest BCUT2D eigenvalue weighted by atomic mass is 9.87. The summed E-state index contributed by atoms with van der Waals surface area (Å²) in [6.45, 7) is 4.11. The molecule has 1 amide bonds. The molecule has 0 spiro atoms. The molecule has 29 heavy (non-hydrogen) atoms. The van der Waals surface area contributed by atoms with Gasteiger partial charge in [0.1, 0.15) is 5.75 Å². The van der Waals surface area contributed by atoms with Crippen molar-refractivity contribution in [1.29, 1.82) is 0 Å². The highest BCUT2D eigenvalue weighted by Gasteiger charge is 2.54. The SMILES string of the molecule is CNC(=O)c1cc(C(=O)CC2[C@H]3COC[C@@H]23)cc2c1OC[C@@H]2c1ccccc1C. The molecule has 1 aliphatic carbocycles. The maximum absolute atomic E-state index is 13.1. The van der Waals surface area contributed by atoms with Crippen molar-refractivity contribution in [2.24, 2.45) is 17.8 Å². The Hall–Kier alpha value is -2.66. The van der Waals surface area contributed by atoms with Crippen molar-refractivity contribution in [2.45, 2.75) is 19.3 Å². The molecule has 1 saturated carbocycles. The molecule has 3 aliphatic rings. The van der Waals surface area contributed by atoms with Gasteiger partial charge in [0.25, 0.3) is 5.91 Å². The summed E-state index contributed by atoms with van der Waals surface area (Å²) in [5.41, 5.74) is 4.34. The molecule has 150 valence electrons. The van der Waals surface area contributed by atoms with Crippen LogP contribution in [0.2, 0.25) is 0 Å². The molecule has 0 bridgehead atoms. The Morgan fingerprint density at radius 3 is 2.55 bits per heavy atom. The van der Waals surface area contributed by atoms with Crippen molar-refractivity contribution in [3.05, 3.63) is 64.2 Å². The van der Waals surface area contributed by atoms with Crippen molar-refractivity contribution in [1.82, 2.24) is 5.32 Å². The van der Waals surface area contributed by atoms with E-state index >= 15 is 0 Å². The van der Waals surface area contributed by atoms with E-state index in [0.29, 0.717) is 47.7 Å². The second kappa shape index (κ2) is 6.99. The van der Waals surface area contributed by atoms with E-state index in [1.54, 1.807) is 13.1 Å². The maximum atomic E-state index is 13.1. The zero-order valence-corrected chi connectivity index (χ0v) is 16.7. The van der Waals surface area contributed by atoms with E-state index < -0.39 is 0 Å². The Balaban J connectivity index is 1.51. The first kappa shape index (κ1) is 18.4. The molecule has 0 aromatic heterocycles. The van der Waals surface area contributed by atoms with Gasteiger partial charge >= 0.3 is 0 Å². The minimum Gasteiger partial charge on any atom is -0.491 e. The van der Waals surface area contributed by atoms with E-state index in [9.17, 15) is 9.59 Å². The number of carbonyl (C=O) groups is 2. The predicted octanol–water partition coefficient (Wildman–Crippen LogP) is 3.34. The average Bonchev–Trinajstić information content (AvgIpc) is 3.09. The topological polar surface area (TPSA) is 64.6 Å². The van der Waals surface area contributed by atoms with E-state index in [4.69, 9.17) is 9.47 Å². The molecule has 1 N–H and O–H groups in total. The van der Waals surface area contributed by atoms with Crippen LogP contribution in [0.1, 0.15) is 49.7 Å². The van der Waals surface area contributed by atoms with Crippen LogP contribution in [0.15, 0.2) is 36.4 Å². The fourth-order valence-electron chi connectivity index (χ4n) is 5.02. The highest BCUT2D eigenvalue weighted by Crippen LogP contribution is 2.53. The van der Waals surface area contributed by atoms with Crippen LogP contribution in [0.4, 0.5) is 0 Å². The molecule has 5 rings (SSSR count). The van der Waals surface area contributed by atoms with Crippen LogP contribution in [-0.2, 0) is 4.74 Å². The van der Waals surface area contributed by atoms with Crippen LogP contribution < -0.4 is 10.1 Å². The molecule has 1 unspecified atom stereocenters. The van der Waals surface area contributed by atoms with Gasteiger partial charge in [0.2, 0.25) is 0 Å². The van der Waals surface area contributed by atoms with Crippen molar-refractivity contribution in [2.75, 3.05) is 26.9 Å². The van der Waals surface area contributed by atoms with Gasteiger partial charge in [0.05, 0.1) is 25.4 Å². The Morgan fingerprint density at radius 2 is 1.83 bits per heavy atom. The number of ketones is 1. The monoisotopic (exact) mass is 391 g/mol. The van der Waals surface area contributed by atoms with E-state index in [0.717, 1.165) is 18.8 Å². The maximum Gasteiger partial charge on any atom is 0.254 e. The molecular formula is C24H25NO4. The van der Waals surface area contributed by atoms with Gasteiger partial charge in [0, 0.05) is 30.5 Å². The zero-order valence-electron chi connectivity index (χ0n) is 16.7. The first-order chi connectivity index (χ1) is 14.1. The Morgan fingerprint density at radius 1 is 1.07 bits per heavy atom. The minimum atomic E-state index is -0.224. The molecule has 2 fully saturated rings. The molecule has 4 atom stereocenters. The molecule has 2 aromatic carbocycles. The second-order valence-electron chi connectivity index (χ2n) is 8.40. The van der Waals surface area contributed by atoms with E-state index in [1.165, 1.54) is 11.1 Å².